The van der Waals surface area contributed by atoms with E-state index in [4.69, 9.17) is 23.2 Å². The number of aliphatic hydroxyl groups excluding tert-OH is 1. The van der Waals surface area contributed by atoms with Gasteiger partial charge in [0.05, 0.1) is 0 Å². The Morgan fingerprint density at radius 3 is 2.47 bits per heavy atom. The first-order valence-corrected chi connectivity index (χ1v) is 6.12. The molecule has 0 saturated heterocycles. The van der Waals surface area contributed by atoms with Gasteiger partial charge in [-0.3, -0.25) is 4.79 Å². The minimum atomic E-state index is -1.00. The van der Waals surface area contributed by atoms with Gasteiger partial charge in [-0.25, -0.2) is 0 Å². The molecule has 1 N–H and O–H groups in total. The molecule has 1 unspecified atom stereocenters. The van der Waals surface area contributed by atoms with Gasteiger partial charge in [0.25, 0.3) is 0 Å². The lowest BCUT2D eigenvalue weighted by Crippen LogP contribution is -2.35. The van der Waals surface area contributed by atoms with Crippen molar-refractivity contribution < 1.29 is 9.90 Å². The molecule has 1 rings (SSSR count). The normalized spacial score (nSPS) is 13.5. The van der Waals surface area contributed by atoms with Gasteiger partial charge < -0.3 is 5.11 Å². The van der Waals surface area contributed by atoms with Crippen molar-refractivity contribution in [3.8, 4) is 0 Å². The molecule has 0 amide bonds. The minimum absolute atomic E-state index is 0.0951. The summed E-state index contributed by atoms with van der Waals surface area (Å²) in [6, 6.07) is 4.96. The highest BCUT2D eigenvalue weighted by Gasteiger charge is 2.29. The van der Waals surface area contributed by atoms with E-state index >= 15 is 0 Å². The Balaban J connectivity index is 2.85. The lowest BCUT2D eigenvalue weighted by Gasteiger charge is -2.24. The monoisotopic (exact) mass is 274 g/mol. The SMILES string of the molecule is CC(C)(C)C(O)C(=O)Cc1cc(Cl)ccc1Cl. The largest absolute Gasteiger partial charge is 0.385 e. The van der Waals surface area contributed by atoms with Crippen molar-refractivity contribution in [1.82, 2.24) is 0 Å². The maximum Gasteiger partial charge on any atom is 0.166 e. The van der Waals surface area contributed by atoms with E-state index < -0.39 is 11.5 Å². The summed E-state index contributed by atoms with van der Waals surface area (Å²) in [5.41, 5.74) is 0.176. The smallest absolute Gasteiger partial charge is 0.166 e. The van der Waals surface area contributed by atoms with E-state index in [2.05, 4.69) is 0 Å². The fourth-order valence-electron chi connectivity index (χ4n) is 1.45. The lowest BCUT2D eigenvalue weighted by molar-refractivity contribution is -0.131. The van der Waals surface area contributed by atoms with Crippen molar-refractivity contribution in [3.63, 3.8) is 0 Å². The third-order valence-corrected chi connectivity index (χ3v) is 3.10. The molecule has 17 heavy (non-hydrogen) atoms. The third-order valence-electron chi connectivity index (χ3n) is 2.50. The van der Waals surface area contributed by atoms with Crippen LogP contribution in [0, 0.1) is 5.41 Å². The highest BCUT2D eigenvalue weighted by molar-refractivity contribution is 6.33. The fourth-order valence-corrected chi connectivity index (χ4v) is 1.83. The number of Topliss-reactive ketones (excluding diaryl/α,β-unsaturated/α-hetero) is 1. The first-order valence-electron chi connectivity index (χ1n) is 5.36. The molecule has 0 aliphatic heterocycles. The van der Waals surface area contributed by atoms with Gasteiger partial charge in [0.1, 0.15) is 6.10 Å². The highest BCUT2D eigenvalue weighted by Crippen LogP contribution is 2.25. The zero-order chi connectivity index (χ0) is 13.2. The highest BCUT2D eigenvalue weighted by atomic mass is 35.5. The molecule has 0 bridgehead atoms. The number of carbonyl (C=O) groups excluding carboxylic acids is 1. The molecule has 0 saturated carbocycles. The Morgan fingerprint density at radius 1 is 1.35 bits per heavy atom. The number of hydrogen-bond donors (Lipinski definition) is 1. The molecule has 2 nitrogen and oxygen atoms in total. The molecule has 0 spiro atoms. The summed E-state index contributed by atoms with van der Waals surface area (Å²) in [6.07, 6.45) is -0.907. The van der Waals surface area contributed by atoms with E-state index in [9.17, 15) is 9.90 Å². The molecule has 0 heterocycles. The zero-order valence-corrected chi connectivity index (χ0v) is 11.6. The van der Waals surface area contributed by atoms with Gasteiger partial charge in [0.15, 0.2) is 5.78 Å². The van der Waals surface area contributed by atoms with E-state index in [0.29, 0.717) is 15.6 Å². The van der Waals surface area contributed by atoms with Crippen molar-refractivity contribution in [2.45, 2.75) is 33.3 Å². The molecular formula is C13H16Cl2O2. The van der Waals surface area contributed by atoms with Gasteiger partial charge in [-0.15, -0.1) is 0 Å². The average molecular weight is 275 g/mol. The van der Waals surface area contributed by atoms with Crippen molar-refractivity contribution in [1.29, 1.82) is 0 Å². The van der Waals surface area contributed by atoms with Crippen LogP contribution in [0.25, 0.3) is 0 Å². The lowest BCUT2D eigenvalue weighted by atomic mass is 9.85. The second-order valence-electron chi connectivity index (χ2n) is 5.15. The third kappa shape index (κ3) is 3.98. The van der Waals surface area contributed by atoms with E-state index in [1.807, 2.05) is 20.8 Å². The van der Waals surface area contributed by atoms with E-state index in [-0.39, 0.29) is 12.2 Å². The van der Waals surface area contributed by atoms with Crippen molar-refractivity contribution in [3.05, 3.63) is 33.8 Å². The average Bonchev–Trinajstić information content (AvgIpc) is 2.21. The molecule has 1 atom stereocenters. The first kappa shape index (κ1) is 14.5. The molecule has 0 aliphatic rings. The van der Waals surface area contributed by atoms with Crippen LogP contribution in [0.1, 0.15) is 26.3 Å². The summed E-state index contributed by atoms with van der Waals surface area (Å²) in [6.45, 7) is 5.44. The van der Waals surface area contributed by atoms with Gasteiger partial charge in [-0.2, -0.15) is 0 Å². The Morgan fingerprint density at radius 2 is 1.94 bits per heavy atom. The molecule has 0 radical (unpaired) electrons. The Kier molecular flexibility index (Phi) is 4.59. The second-order valence-corrected chi connectivity index (χ2v) is 5.99. The predicted molar refractivity (Wildman–Crippen MR) is 70.6 cm³/mol. The Bertz CT molecular complexity index is 422. The van der Waals surface area contributed by atoms with E-state index in [1.54, 1.807) is 18.2 Å². The molecule has 1 aromatic rings. The van der Waals surface area contributed by atoms with Gasteiger partial charge in [-0.05, 0) is 29.2 Å². The van der Waals surface area contributed by atoms with Crippen LogP contribution < -0.4 is 0 Å². The number of benzene rings is 1. The quantitative estimate of drug-likeness (QED) is 0.916. The number of hydrogen-bond acceptors (Lipinski definition) is 2. The Hall–Kier alpha value is -0.570. The van der Waals surface area contributed by atoms with E-state index in [0.717, 1.165) is 0 Å². The summed E-state index contributed by atoms with van der Waals surface area (Å²) in [7, 11) is 0. The topological polar surface area (TPSA) is 37.3 Å². The molecule has 4 heteroatoms. The first-order chi connectivity index (χ1) is 7.71. The van der Waals surface area contributed by atoms with Gasteiger partial charge in [-0.1, -0.05) is 44.0 Å². The molecular weight excluding hydrogens is 259 g/mol. The molecule has 0 aromatic heterocycles. The summed E-state index contributed by atoms with van der Waals surface area (Å²) < 4.78 is 0. The second kappa shape index (κ2) is 5.38. The molecule has 94 valence electrons. The molecule has 1 aromatic carbocycles. The Labute approximate surface area is 112 Å². The van der Waals surface area contributed by atoms with Crippen LogP contribution in [0.15, 0.2) is 18.2 Å². The van der Waals surface area contributed by atoms with Crippen LogP contribution in [0.4, 0.5) is 0 Å². The van der Waals surface area contributed by atoms with E-state index in [1.165, 1.54) is 0 Å². The van der Waals surface area contributed by atoms with Gasteiger partial charge in [0, 0.05) is 16.5 Å². The molecule has 0 aliphatic carbocycles. The standard InChI is InChI=1S/C13H16Cl2O2/c1-13(2,3)12(17)11(16)7-8-6-9(14)4-5-10(8)15/h4-6,12,17H,7H2,1-3H3. The number of aliphatic hydroxyl groups is 1. The summed E-state index contributed by atoms with van der Waals surface area (Å²) in [4.78, 5) is 11.9. The van der Waals surface area contributed by atoms with Gasteiger partial charge >= 0.3 is 0 Å². The summed E-state index contributed by atoms with van der Waals surface area (Å²) in [5.74, 6) is -0.248. The maximum absolute atomic E-state index is 11.9. The van der Waals surface area contributed by atoms with Crippen LogP contribution >= 0.6 is 23.2 Å². The summed E-state index contributed by atoms with van der Waals surface area (Å²) in [5, 5.41) is 10.9. The van der Waals surface area contributed by atoms with Crippen molar-refractivity contribution in [2.75, 3.05) is 0 Å². The van der Waals surface area contributed by atoms with Crippen molar-refractivity contribution >= 4 is 29.0 Å². The maximum atomic E-state index is 11.9. The number of ketones is 1. The number of carbonyl (C=O) groups is 1. The van der Waals surface area contributed by atoms with Gasteiger partial charge in [0.2, 0.25) is 0 Å². The van der Waals surface area contributed by atoms with Crippen LogP contribution in [-0.4, -0.2) is 17.0 Å². The predicted octanol–water partition coefficient (Wildman–Crippen LogP) is 3.51. The molecule has 0 fully saturated rings. The van der Waals surface area contributed by atoms with Crippen LogP contribution in [0.5, 0.6) is 0 Å². The van der Waals surface area contributed by atoms with Crippen LogP contribution in [-0.2, 0) is 11.2 Å². The number of halogens is 2. The number of rotatable bonds is 3. The van der Waals surface area contributed by atoms with Crippen LogP contribution in [0.3, 0.4) is 0 Å². The zero-order valence-electron chi connectivity index (χ0n) is 10.1. The fraction of sp³-hybridized carbons (Fsp3) is 0.462. The van der Waals surface area contributed by atoms with Crippen LogP contribution in [0.2, 0.25) is 10.0 Å². The minimum Gasteiger partial charge on any atom is -0.385 e. The van der Waals surface area contributed by atoms with Crippen molar-refractivity contribution in [2.24, 2.45) is 5.41 Å². The summed E-state index contributed by atoms with van der Waals surface area (Å²) >= 11 is 11.8.